The second kappa shape index (κ2) is 4.78. The molecule has 0 bridgehead atoms. The zero-order valence-electron chi connectivity index (χ0n) is 11.2. The van der Waals surface area contributed by atoms with Crippen molar-refractivity contribution in [2.24, 2.45) is 10.5 Å². The standard InChI is InChI=1S/C15H19N3O/c1-2-18-14(19)15(10-12-6-4-3-5-7-12)11-16-9-8-13(15)17-18/h3-7,16H,2,8-11H2,1H3/t15-/m1/s1. The lowest BCUT2D eigenvalue weighted by Crippen LogP contribution is -2.52. The van der Waals surface area contributed by atoms with E-state index < -0.39 is 5.41 Å². The number of hydrogen-bond acceptors (Lipinski definition) is 3. The summed E-state index contributed by atoms with van der Waals surface area (Å²) < 4.78 is 0. The van der Waals surface area contributed by atoms with Gasteiger partial charge >= 0.3 is 0 Å². The average Bonchev–Trinajstić information content (AvgIpc) is 2.73. The van der Waals surface area contributed by atoms with E-state index in [9.17, 15) is 4.79 Å². The fraction of sp³-hybridized carbons (Fsp3) is 0.467. The molecule has 1 fully saturated rings. The van der Waals surface area contributed by atoms with Gasteiger partial charge in [0.25, 0.3) is 5.91 Å². The quantitative estimate of drug-likeness (QED) is 0.890. The number of rotatable bonds is 3. The molecule has 1 amide bonds. The van der Waals surface area contributed by atoms with Gasteiger partial charge in [-0.05, 0) is 18.9 Å². The number of nitrogens with zero attached hydrogens (tertiary/aromatic N) is 2. The maximum Gasteiger partial charge on any atom is 0.256 e. The Balaban J connectivity index is 1.95. The highest BCUT2D eigenvalue weighted by Gasteiger charge is 2.51. The highest BCUT2D eigenvalue weighted by molar-refractivity contribution is 6.13. The van der Waals surface area contributed by atoms with Crippen molar-refractivity contribution in [1.82, 2.24) is 10.3 Å². The van der Waals surface area contributed by atoms with E-state index in [1.54, 1.807) is 5.01 Å². The summed E-state index contributed by atoms with van der Waals surface area (Å²) in [6.45, 7) is 4.25. The number of carbonyl (C=O) groups is 1. The first-order valence-corrected chi connectivity index (χ1v) is 6.91. The van der Waals surface area contributed by atoms with Gasteiger partial charge < -0.3 is 5.32 Å². The van der Waals surface area contributed by atoms with Crippen molar-refractivity contribution in [3.63, 3.8) is 0 Å². The predicted octanol–water partition coefficient (Wildman–Crippen LogP) is 1.43. The Hall–Kier alpha value is -1.68. The molecule has 1 atom stereocenters. The zero-order chi connectivity index (χ0) is 13.3. The minimum atomic E-state index is -0.449. The van der Waals surface area contributed by atoms with Gasteiger partial charge in [-0.15, -0.1) is 0 Å². The van der Waals surface area contributed by atoms with Crippen molar-refractivity contribution in [1.29, 1.82) is 0 Å². The van der Waals surface area contributed by atoms with E-state index in [4.69, 9.17) is 0 Å². The molecule has 0 aromatic heterocycles. The van der Waals surface area contributed by atoms with Gasteiger partial charge in [0.1, 0.15) is 5.41 Å². The number of carbonyl (C=O) groups excluding carboxylic acids is 1. The van der Waals surface area contributed by atoms with Gasteiger partial charge in [0.2, 0.25) is 0 Å². The molecule has 3 rings (SSSR count). The van der Waals surface area contributed by atoms with Crippen LogP contribution in [0.1, 0.15) is 18.9 Å². The highest BCUT2D eigenvalue weighted by Crippen LogP contribution is 2.35. The van der Waals surface area contributed by atoms with Crippen LogP contribution in [0.4, 0.5) is 0 Å². The summed E-state index contributed by atoms with van der Waals surface area (Å²) in [6.07, 6.45) is 1.62. The molecule has 1 aromatic rings. The summed E-state index contributed by atoms with van der Waals surface area (Å²) in [4.78, 5) is 12.7. The molecular weight excluding hydrogens is 238 g/mol. The van der Waals surface area contributed by atoms with Gasteiger partial charge in [-0.2, -0.15) is 5.10 Å². The molecule has 4 heteroatoms. The number of hydrogen-bond donors (Lipinski definition) is 1. The van der Waals surface area contributed by atoms with E-state index in [1.165, 1.54) is 5.56 Å². The summed E-state index contributed by atoms with van der Waals surface area (Å²) in [5.74, 6) is 0.154. The minimum absolute atomic E-state index is 0.154. The Kier molecular flexibility index (Phi) is 3.11. The van der Waals surface area contributed by atoms with Gasteiger partial charge in [0, 0.05) is 26.1 Å². The monoisotopic (exact) mass is 257 g/mol. The molecule has 2 aliphatic rings. The van der Waals surface area contributed by atoms with E-state index in [0.29, 0.717) is 13.1 Å². The maximum absolute atomic E-state index is 12.7. The third-order valence-electron chi connectivity index (χ3n) is 4.05. The first kappa shape index (κ1) is 12.4. The number of hydrazone groups is 1. The van der Waals surface area contributed by atoms with Gasteiger partial charge in [-0.1, -0.05) is 30.3 Å². The summed E-state index contributed by atoms with van der Waals surface area (Å²) in [7, 11) is 0. The third-order valence-corrected chi connectivity index (χ3v) is 4.05. The fourth-order valence-electron chi connectivity index (χ4n) is 3.03. The number of amides is 1. The molecule has 1 saturated heterocycles. The Morgan fingerprint density at radius 1 is 1.37 bits per heavy atom. The molecule has 0 unspecified atom stereocenters. The Morgan fingerprint density at radius 2 is 2.16 bits per heavy atom. The number of piperidine rings is 1. The van der Waals surface area contributed by atoms with Crippen LogP contribution in [-0.2, 0) is 11.2 Å². The number of fused-ring (bicyclic) bond motifs is 1. The van der Waals surface area contributed by atoms with Gasteiger partial charge in [-0.25, -0.2) is 5.01 Å². The Bertz CT molecular complexity index is 511. The summed E-state index contributed by atoms with van der Waals surface area (Å²) >= 11 is 0. The summed E-state index contributed by atoms with van der Waals surface area (Å²) in [6, 6.07) is 10.2. The molecule has 4 nitrogen and oxygen atoms in total. The average molecular weight is 257 g/mol. The second-order valence-electron chi connectivity index (χ2n) is 5.24. The number of benzene rings is 1. The smallest absolute Gasteiger partial charge is 0.256 e. The lowest BCUT2D eigenvalue weighted by molar-refractivity contribution is -0.136. The van der Waals surface area contributed by atoms with E-state index in [0.717, 1.165) is 25.1 Å². The largest absolute Gasteiger partial charge is 0.315 e. The molecule has 0 radical (unpaired) electrons. The second-order valence-corrected chi connectivity index (χ2v) is 5.24. The van der Waals surface area contributed by atoms with Crippen molar-refractivity contribution in [3.05, 3.63) is 35.9 Å². The first-order valence-electron chi connectivity index (χ1n) is 6.91. The normalized spacial score (nSPS) is 26.3. The van der Waals surface area contributed by atoms with Crippen LogP contribution in [0.3, 0.4) is 0 Å². The Morgan fingerprint density at radius 3 is 2.89 bits per heavy atom. The summed E-state index contributed by atoms with van der Waals surface area (Å²) in [5, 5.41) is 9.53. The highest BCUT2D eigenvalue weighted by atomic mass is 16.2. The van der Waals surface area contributed by atoms with E-state index in [-0.39, 0.29) is 5.91 Å². The van der Waals surface area contributed by atoms with Crippen molar-refractivity contribution in [2.45, 2.75) is 19.8 Å². The fourth-order valence-corrected chi connectivity index (χ4v) is 3.03. The SMILES string of the molecule is CCN1N=C2CCNC[C@@]2(Cc2ccccc2)C1=O. The molecular formula is C15H19N3O. The van der Waals surface area contributed by atoms with Crippen LogP contribution in [0.2, 0.25) is 0 Å². The van der Waals surface area contributed by atoms with Crippen LogP contribution in [0.5, 0.6) is 0 Å². The topological polar surface area (TPSA) is 44.7 Å². The minimum Gasteiger partial charge on any atom is -0.315 e. The van der Waals surface area contributed by atoms with Gasteiger partial charge in [0.15, 0.2) is 0 Å². The molecule has 0 saturated carbocycles. The van der Waals surface area contributed by atoms with E-state index in [2.05, 4.69) is 22.6 Å². The lowest BCUT2D eigenvalue weighted by Gasteiger charge is -2.33. The molecule has 0 spiro atoms. The Labute approximate surface area is 113 Å². The van der Waals surface area contributed by atoms with Crippen LogP contribution in [-0.4, -0.2) is 36.3 Å². The number of nitrogens with one attached hydrogen (secondary N) is 1. The van der Waals surface area contributed by atoms with Crippen LogP contribution in [0.15, 0.2) is 35.4 Å². The van der Waals surface area contributed by atoms with Crippen LogP contribution < -0.4 is 5.32 Å². The molecule has 19 heavy (non-hydrogen) atoms. The molecule has 100 valence electrons. The zero-order valence-corrected chi connectivity index (χ0v) is 11.2. The third kappa shape index (κ3) is 1.96. The van der Waals surface area contributed by atoms with Crippen molar-refractivity contribution < 1.29 is 4.79 Å². The van der Waals surface area contributed by atoms with Crippen LogP contribution in [0.25, 0.3) is 0 Å². The molecule has 1 N–H and O–H groups in total. The van der Waals surface area contributed by atoms with Crippen LogP contribution in [0, 0.1) is 5.41 Å². The first-order chi connectivity index (χ1) is 9.26. The van der Waals surface area contributed by atoms with Gasteiger partial charge in [0.05, 0.1) is 5.71 Å². The maximum atomic E-state index is 12.7. The predicted molar refractivity (Wildman–Crippen MR) is 74.9 cm³/mol. The van der Waals surface area contributed by atoms with E-state index >= 15 is 0 Å². The van der Waals surface area contributed by atoms with Crippen molar-refractivity contribution >= 4 is 11.6 Å². The van der Waals surface area contributed by atoms with E-state index in [1.807, 2.05) is 25.1 Å². The molecule has 0 aliphatic carbocycles. The van der Waals surface area contributed by atoms with Gasteiger partial charge in [-0.3, -0.25) is 4.79 Å². The van der Waals surface area contributed by atoms with Crippen molar-refractivity contribution in [3.8, 4) is 0 Å². The van der Waals surface area contributed by atoms with Crippen LogP contribution >= 0.6 is 0 Å². The van der Waals surface area contributed by atoms with Crippen molar-refractivity contribution in [2.75, 3.05) is 19.6 Å². The lowest BCUT2D eigenvalue weighted by atomic mass is 9.74. The molecule has 2 aliphatic heterocycles. The summed E-state index contributed by atoms with van der Waals surface area (Å²) in [5.41, 5.74) is 1.81. The molecule has 1 aromatic carbocycles. The molecule has 2 heterocycles.